The van der Waals surface area contributed by atoms with Gasteiger partial charge in [-0.05, 0) is 23.8 Å². The van der Waals surface area contributed by atoms with Crippen LogP contribution in [0.5, 0.6) is 0 Å². The third-order valence-electron chi connectivity index (χ3n) is 2.72. The number of carboxylic acids is 1. The molecule has 0 spiro atoms. The van der Waals surface area contributed by atoms with E-state index in [1.165, 1.54) is 0 Å². The van der Waals surface area contributed by atoms with Crippen LogP contribution in [0.1, 0.15) is 21.6 Å². The van der Waals surface area contributed by atoms with Crippen LogP contribution in [0.25, 0.3) is 0 Å². The quantitative estimate of drug-likeness (QED) is 0.436. The van der Waals surface area contributed by atoms with Crippen molar-refractivity contribution in [3.8, 4) is 0 Å². The lowest BCUT2D eigenvalue weighted by atomic mass is 10.1. The van der Waals surface area contributed by atoms with E-state index in [1.54, 1.807) is 24.7 Å². The predicted molar refractivity (Wildman–Crippen MR) is 70.5 cm³/mol. The normalized spacial score (nSPS) is 11.3. The van der Waals surface area contributed by atoms with Gasteiger partial charge in [0, 0.05) is 42.3 Å². The Labute approximate surface area is 114 Å². The number of hydrogen-bond acceptors (Lipinski definition) is 4. The number of aliphatic carboxylic acids is 1. The van der Waals surface area contributed by atoms with Gasteiger partial charge in [-0.3, -0.25) is 9.78 Å². The number of carbonyl (C=O) groups excluding carboxylic acids is 1. The largest absolute Gasteiger partial charge is 0.502 e. The first-order valence-corrected chi connectivity index (χ1v) is 5.81. The van der Waals surface area contributed by atoms with Crippen molar-refractivity contribution < 1.29 is 19.8 Å². The van der Waals surface area contributed by atoms with Gasteiger partial charge in [-0.25, -0.2) is 4.79 Å². The zero-order valence-corrected chi connectivity index (χ0v) is 10.4. The SMILES string of the molecule is O=C(O)/C(O)=C/C(=O)c1cc[nH]c1Cc1ccncc1. The average molecular weight is 272 g/mol. The fourth-order valence-corrected chi connectivity index (χ4v) is 1.75. The maximum atomic E-state index is 11.9. The molecule has 6 nitrogen and oxygen atoms in total. The van der Waals surface area contributed by atoms with Crippen molar-refractivity contribution in [3.63, 3.8) is 0 Å². The summed E-state index contributed by atoms with van der Waals surface area (Å²) in [6.07, 6.45) is 6.07. The van der Waals surface area contributed by atoms with Gasteiger partial charge >= 0.3 is 5.97 Å². The summed E-state index contributed by atoms with van der Waals surface area (Å²) in [6, 6.07) is 5.18. The molecule has 0 amide bonds. The zero-order valence-electron chi connectivity index (χ0n) is 10.4. The molecule has 0 saturated heterocycles. The van der Waals surface area contributed by atoms with Gasteiger partial charge in [-0.1, -0.05) is 0 Å². The highest BCUT2D eigenvalue weighted by Gasteiger charge is 2.14. The summed E-state index contributed by atoms with van der Waals surface area (Å²) in [5.74, 6) is -3.08. The van der Waals surface area contributed by atoms with Crippen molar-refractivity contribution in [2.45, 2.75) is 6.42 Å². The number of carboxylic acid groups (broad SMARTS) is 1. The standard InChI is InChI=1S/C14H12N2O4/c17-12(8-13(18)14(19)20)10-3-6-16-11(10)7-9-1-4-15-5-2-9/h1-6,8,16,18H,7H2,(H,19,20)/b13-8-. The van der Waals surface area contributed by atoms with Crippen molar-refractivity contribution in [3.05, 3.63) is 65.4 Å². The summed E-state index contributed by atoms with van der Waals surface area (Å²) in [5.41, 5.74) is 1.94. The summed E-state index contributed by atoms with van der Waals surface area (Å²) in [4.78, 5) is 29.2. The van der Waals surface area contributed by atoms with Gasteiger partial charge in [0.25, 0.3) is 0 Å². The van der Waals surface area contributed by atoms with E-state index in [0.29, 0.717) is 23.8 Å². The van der Waals surface area contributed by atoms with Crippen LogP contribution in [0.15, 0.2) is 48.6 Å². The van der Waals surface area contributed by atoms with Crippen molar-refractivity contribution in [1.29, 1.82) is 0 Å². The smallest absolute Gasteiger partial charge is 0.371 e. The van der Waals surface area contributed by atoms with Gasteiger partial charge < -0.3 is 15.2 Å². The number of aromatic amines is 1. The van der Waals surface area contributed by atoms with E-state index in [0.717, 1.165) is 5.56 Å². The molecule has 0 aromatic carbocycles. The second kappa shape index (κ2) is 5.83. The molecule has 0 aliphatic carbocycles. The number of aromatic nitrogens is 2. The molecule has 2 aromatic heterocycles. The number of nitrogens with zero attached hydrogens (tertiary/aromatic N) is 1. The Morgan fingerprint density at radius 1 is 1.20 bits per heavy atom. The number of H-pyrrole nitrogens is 1. The lowest BCUT2D eigenvalue weighted by Gasteiger charge is -2.02. The van der Waals surface area contributed by atoms with E-state index < -0.39 is 17.5 Å². The number of nitrogens with one attached hydrogen (secondary N) is 1. The molecule has 0 atom stereocenters. The van der Waals surface area contributed by atoms with Crippen molar-refractivity contribution in [1.82, 2.24) is 9.97 Å². The molecule has 0 bridgehead atoms. The zero-order chi connectivity index (χ0) is 14.5. The Hall–Kier alpha value is -2.89. The van der Waals surface area contributed by atoms with E-state index in [2.05, 4.69) is 9.97 Å². The van der Waals surface area contributed by atoms with Gasteiger partial charge in [-0.2, -0.15) is 0 Å². The maximum absolute atomic E-state index is 11.9. The third-order valence-corrected chi connectivity index (χ3v) is 2.72. The Bertz CT molecular complexity index is 659. The molecular weight excluding hydrogens is 260 g/mol. The lowest BCUT2D eigenvalue weighted by molar-refractivity contribution is -0.135. The summed E-state index contributed by atoms with van der Waals surface area (Å²) >= 11 is 0. The first-order chi connectivity index (χ1) is 9.58. The molecule has 0 aliphatic heterocycles. The topological polar surface area (TPSA) is 103 Å². The molecular formula is C14H12N2O4. The Morgan fingerprint density at radius 2 is 1.90 bits per heavy atom. The van der Waals surface area contributed by atoms with Gasteiger partial charge in [0.1, 0.15) is 0 Å². The highest BCUT2D eigenvalue weighted by molar-refractivity contribution is 6.08. The average Bonchev–Trinajstić information content (AvgIpc) is 2.88. The molecule has 0 fully saturated rings. The number of carbonyl (C=O) groups is 2. The van der Waals surface area contributed by atoms with Crippen molar-refractivity contribution in [2.75, 3.05) is 0 Å². The van der Waals surface area contributed by atoms with Crippen LogP contribution in [-0.4, -0.2) is 31.9 Å². The fourth-order valence-electron chi connectivity index (χ4n) is 1.75. The molecule has 2 rings (SSSR count). The summed E-state index contributed by atoms with van der Waals surface area (Å²) in [7, 11) is 0. The van der Waals surface area contributed by atoms with Crippen molar-refractivity contribution in [2.24, 2.45) is 0 Å². The van der Waals surface area contributed by atoms with Gasteiger partial charge in [0.15, 0.2) is 5.78 Å². The lowest BCUT2D eigenvalue weighted by Crippen LogP contribution is -2.05. The highest BCUT2D eigenvalue weighted by Crippen LogP contribution is 2.14. The number of hydrogen-bond donors (Lipinski definition) is 3. The van der Waals surface area contributed by atoms with Crippen molar-refractivity contribution >= 4 is 11.8 Å². The molecule has 0 unspecified atom stereocenters. The molecule has 6 heteroatoms. The molecule has 0 saturated carbocycles. The number of aliphatic hydroxyl groups excluding tert-OH is 1. The fraction of sp³-hybridized carbons (Fsp3) is 0.0714. The van der Waals surface area contributed by atoms with Crippen LogP contribution in [-0.2, 0) is 11.2 Å². The van der Waals surface area contributed by atoms with Crippen LogP contribution >= 0.6 is 0 Å². The highest BCUT2D eigenvalue weighted by atomic mass is 16.4. The minimum Gasteiger partial charge on any atom is -0.502 e. The molecule has 2 heterocycles. The molecule has 2 aromatic rings. The molecule has 0 aliphatic rings. The Kier molecular flexibility index (Phi) is 3.95. The number of aliphatic hydroxyl groups is 1. The molecule has 3 N–H and O–H groups in total. The van der Waals surface area contributed by atoms with Crippen LogP contribution in [0, 0.1) is 0 Å². The van der Waals surface area contributed by atoms with E-state index in [1.807, 2.05) is 12.1 Å². The van der Waals surface area contributed by atoms with E-state index in [9.17, 15) is 9.59 Å². The monoisotopic (exact) mass is 272 g/mol. The molecule has 0 radical (unpaired) electrons. The van der Waals surface area contributed by atoms with Crippen LogP contribution < -0.4 is 0 Å². The third kappa shape index (κ3) is 3.11. The summed E-state index contributed by atoms with van der Waals surface area (Å²) in [5, 5.41) is 17.6. The van der Waals surface area contributed by atoms with Crippen LogP contribution in [0.2, 0.25) is 0 Å². The Balaban J connectivity index is 2.23. The van der Waals surface area contributed by atoms with Gasteiger partial charge in [0.05, 0.1) is 0 Å². The summed E-state index contributed by atoms with van der Waals surface area (Å²) < 4.78 is 0. The first kappa shape index (κ1) is 13.5. The number of allylic oxidation sites excluding steroid dienone is 1. The summed E-state index contributed by atoms with van der Waals surface area (Å²) in [6.45, 7) is 0. The maximum Gasteiger partial charge on any atom is 0.371 e. The predicted octanol–water partition coefficient (Wildman–Crippen LogP) is 1.71. The first-order valence-electron chi connectivity index (χ1n) is 5.81. The Morgan fingerprint density at radius 3 is 2.55 bits per heavy atom. The van der Waals surface area contributed by atoms with Crippen LogP contribution in [0.3, 0.4) is 0 Å². The van der Waals surface area contributed by atoms with E-state index in [-0.39, 0.29) is 0 Å². The minimum absolute atomic E-state index is 0.328. The molecule has 20 heavy (non-hydrogen) atoms. The van der Waals surface area contributed by atoms with Gasteiger partial charge in [0.2, 0.25) is 5.76 Å². The van der Waals surface area contributed by atoms with Crippen LogP contribution in [0.4, 0.5) is 0 Å². The molecule has 102 valence electrons. The van der Waals surface area contributed by atoms with E-state index >= 15 is 0 Å². The minimum atomic E-state index is -1.54. The second-order valence-corrected chi connectivity index (χ2v) is 4.10. The number of ketones is 1. The second-order valence-electron chi connectivity index (χ2n) is 4.10. The van der Waals surface area contributed by atoms with E-state index in [4.69, 9.17) is 10.2 Å². The number of rotatable bonds is 5. The van der Waals surface area contributed by atoms with Gasteiger partial charge in [-0.15, -0.1) is 0 Å². The number of pyridine rings is 1.